The Kier molecular flexibility index (Phi) is 3.20. The zero-order valence-corrected chi connectivity index (χ0v) is 11.1. The number of carbonyl (C=O) groups is 1. The molecular weight excluding hydrogens is 256 g/mol. The van der Waals surface area contributed by atoms with E-state index in [1.165, 1.54) is 16.8 Å². The van der Waals surface area contributed by atoms with Gasteiger partial charge in [0.25, 0.3) is 0 Å². The second-order valence-corrected chi connectivity index (χ2v) is 6.48. The highest BCUT2D eigenvalue weighted by molar-refractivity contribution is 7.89. The molecule has 6 nitrogen and oxygen atoms in total. The van der Waals surface area contributed by atoms with Crippen LogP contribution >= 0.6 is 0 Å². The third kappa shape index (κ3) is 2.56. The Labute approximate surface area is 106 Å². The van der Waals surface area contributed by atoms with Crippen molar-refractivity contribution >= 4 is 16.0 Å². The van der Waals surface area contributed by atoms with Gasteiger partial charge in [0, 0.05) is 18.3 Å². The Balaban J connectivity index is 2.39. The fourth-order valence-corrected chi connectivity index (χ4v) is 3.02. The van der Waals surface area contributed by atoms with E-state index in [4.69, 9.17) is 5.11 Å². The summed E-state index contributed by atoms with van der Waals surface area (Å²) in [6, 6.07) is 1.10. The van der Waals surface area contributed by atoms with Crippen LogP contribution in [0, 0.1) is 0 Å². The highest BCUT2D eigenvalue weighted by Gasteiger charge is 2.30. The van der Waals surface area contributed by atoms with Crippen molar-refractivity contribution < 1.29 is 18.3 Å². The first-order chi connectivity index (χ1) is 8.31. The molecule has 1 saturated carbocycles. The minimum Gasteiger partial charge on any atom is -0.477 e. The lowest BCUT2D eigenvalue weighted by Crippen LogP contribution is -2.25. The summed E-state index contributed by atoms with van der Waals surface area (Å²) in [6.45, 7) is 3.61. The minimum absolute atomic E-state index is 0.00526. The summed E-state index contributed by atoms with van der Waals surface area (Å²) in [4.78, 5) is 11.1. The molecule has 0 spiro atoms. The lowest BCUT2D eigenvalue weighted by molar-refractivity contribution is 0.0683. The van der Waals surface area contributed by atoms with Gasteiger partial charge >= 0.3 is 5.97 Å². The molecule has 18 heavy (non-hydrogen) atoms. The molecular formula is C11H16N2O4S. The molecule has 1 aliphatic carbocycles. The van der Waals surface area contributed by atoms with Crippen LogP contribution in [0.1, 0.15) is 43.2 Å². The third-order valence-corrected chi connectivity index (χ3v) is 4.30. The van der Waals surface area contributed by atoms with Crippen molar-refractivity contribution in [2.75, 3.05) is 0 Å². The van der Waals surface area contributed by atoms with Crippen LogP contribution in [0.15, 0.2) is 17.2 Å². The summed E-state index contributed by atoms with van der Waals surface area (Å²) in [5.74, 6) is -1.13. The molecule has 0 aromatic carbocycles. The Bertz CT molecular complexity index is 570. The molecule has 0 amide bonds. The molecule has 1 heterocycles. The summed E-state index contributed by atoms with van der Waals surface area (Å²) >= 11 is 0. The van der Waals surface area contributed by atoms with E-state index in [1.54, 1.807) is 13.8 Å². The quantitative estimate of drug-likeness (QED) is 0.843. The van der Waals surface area contributed by atoms with Crippen molar-refractivity contribution in [2.45, 2.75) is 43.7 Å². The van der Waals surface area contributed by atoms with Gasteiger partial charge in [-0.05, 0) is 32.8 Å². The lowest BCUT2D eigenvalue weighted by Gasteiger charge is -2.09. The van der Waals surface area contributed by atoms with E-state index in [0.717, 1.165) is 12.8 Å². The van der Waals surface area contributed by atoms with E-state index in [-0.39, 0.29) is 22.7 Å². The highest BCUT2D eigenvalue weighted by Crippen LogP contribution is 2.24. The Morgan fingerprint density at radius 2 is 2.11 bits per heavy atom. The summed E-state index contributed by atoms with van der Waals surface area (Å²) in [5.41, 5.74) is -0.0128. The molecule has 7 heteroatoms. The van der Waals surface area contributed by atoms with Crippen LogP contribution in [-0.2, 0) is 10.0 Å². The van der Waals surface area contributed by atoms with Crippen LogP contribution in [0.5, 0.6) is 0 Å². The van der Waals surface area contributed by atoms with Crippen molar-refractivity contribution in [3.63, 3.8) is 0 Å². The van der Waals surface area contributed by atoms with Crippen molar-refractivity contribution in [3.05, 3.63) is 18.0 Å². The number of aromatic carboxylic acids is 1. The number of hydrogen-bond donors (Lipinski definition) is 2. The van der Waals surface area contributed by atoms with Gasteiger partial charge in [0.05, 0.1) is 0 Å². The number of hydrogen-bond acceptors (Lipinski definition) is 3. The molecule has 1 aliphatic rings. The van der Waals surface area contributed by atoms with E-state index in [0.29, 0.717) is 0 Å². The maximum absolute atomic E-state index is 12.0. The largest absolute Gasteiger partial charge is 0.477 e. The molecule has 1 aromatic rings. The summed E-state index contributed by atoms with van der Waals surface area (Å²) in [5, 5.41) is 9.05. The van der Waals surface area contributed by atoms with Crippen LogP contribution in [0.2, 0.25) is 0 Å². The normalized spacial score (nSPS) is 16.2. The summed E-state index contributed by atoms with van der Waals surface area (Å²) in [7, 11) is -3.60. The molecule has 100 valence electrons. The average Bonchev–Trinajstić information content (AvgIpc) is 2.92. The minimum atomic E-state index is -3.60. The highest BCUT2D eigenvalue weighted by atomic mass is 32.2. The van der Waals surface area contributed by atoms with E-state index >= 15 is 0 Å². The standard InChI is InChI=1S/C11H16N2O4S/c1-7(2)13-6-9(5-10(13)11(14)15)18(16,17)12-8-3-4-8/h5-8,12H,3-4H2,1-2H3,(H,14,15). The van der Waals surface area contributed by atoms with E-state index in [1.807, 2.05) is 0 Å². The van der Waals surface area contributed by atoms with Crippen molar-refractivity contribution in [1.82, 2.24) is 9.29 Å². The van der Waals surface area contributed by atoms with Crippen molar-refractivity contribution in [3.8, 4) is 0 Å². The van der Waals surface area contributed by atoms with Gasteiger partial charge in [0.1, 0.15) is 10.6 Å². The van der Waals surface area contributed by atoms with Crippen LogP contribution in [0.3, 0.4) is 0 Å². The fraction of sp³-hybridized carbons (Fsp3) is 0.545. The molecule has 2 N–H and O–H groups in total. The topological polar surface area (TPSA) is 88.4 Å². The van der Waals surface area contributed by atoms with Crippen LogP contribution in [-0.4, -0.2) is 30.1 Å². The maximum atomic E-state index is 12.0. The SMILES string of the molecule is CC(C)n1cc(S(=O)(=O)NC2CC2)cc1C(=O)O. The number of carboxylic acids is 1. The monoisotopic (exact) mass is 272 g/mol. The molecule has 1 fully saturated rings. The smallest absolute Gasteiger partial charge is 0.352 e. The first kappa shape index (κ1) is 13.1. The van der Waals surface area contributed by atoms with E-state index < -0.39 is 16.0 Å². The molecule has 0 radical (unpaired) electrons. The number of nitrogens with one attached hydrogen (secondary N) is 1. The second kappa shape index (κ2) is 4.40. The van der Waals surface area contributed by atoms with Gasteiger partial charge in [-0.3, -0.25) is 0 Å². The zero-order chi connectivity index (χ0) is 13.5. The van der Waals surface area contributed by atoms with Gasteiger partial charge in [-0.2, -0.15) is 0 Å². The lowest BCUT2D eigenvalue weighted by atomic mass is 10.3. The van der Waals surface area contributed by atoms with E-state index in [2.05, 4.69) is 4.72 Å². The molecule has 0 bridgehead atoms. The molecule has 0 saturated heterocycles. The van der Waals surface area contributed by atoms with Crippen LogP contribution in [0.4, 0.5) is 0 Å². The van der Waals surface area contributed by atoms with Gasteiger partial charge in [-0.25, -0.2) is 17.9 Å². The summed E-state index contributed by atoms with van der Waals surface area (Å²) < 4.78 is 27.9. The first-order valence-corrected chi connectivity index (χ1v) is 7.27. The van der Waals surface area contributed by atoms with Crippen LogP contribution < -0.4 is 4.72 Å². The average molecular weight is 272 g/mol. The Morgan fingerprint density at radius 3 is 2.50 bits per heavy atom. The predicted octanol–water partition coefficient (Wildman–Crippen LogP) is 1.21. The Hall–Kier alpha value is -1.34. The second-order valence-electron chi connectivity index (χ2n) is 4.76. The summed E-state index contributed by atoms with van der Waals surface area (Å²) in [6.07, 6.45) is 3.06. The maximum Gasteiger partial charge on any atom is 0.352 e. The van der Waals surface area contributed by atoms with Gasteiger partial charge < -0.3 is 9.67 Å². The van der Waals surface area contributed by atoms with Gasteiger partial charge in [0.15, 0.2) is 0 Å². The molecule has 0 aliphatic heterocycles. The number of sulfonamides is 1. The van der Waals surface area contributed by atoms with Gasteiger partial charge in [-0.1, -0.05) is 0 Å². The Morgan fingerprint density at radius 1 is 1.50 bits per heavy atom. The van der Waals surface area contributed by atoms with Crippen molar-refractivity contribution in [2.24, 2.45) is 0 Å². The number of rotatable bonds is 5. The van der Waals surface area contributed by atoms with Crippen molar-refractivity contribution in [1.29, 1.82) is 0 Å². The molecule has 0 atom stereocenters. The molecule has 2 rings (SSSR count). The fourth-order valence-electron chi connectivity index (χ4n) is 1.69. The predicted molar refractivity (Wildman–Crippen MR) is 65.1 cm³/mol. The van der Waals surface area contributed by atoms with Gasteiger partial charge in [-0.15, -0.1) is 0 Å². The third-order valence-electron chi connectivity index (χ3n) is 2.81. The zero-order valence-electron chi connectivity index (χ0n) is 10.3. The number of nitrogens with zero attached hydrogens (tertiary/aromatic N) is 1. The molecule has 1 aromatic heterocycles. The first-order valence-electron chi connectivity index (χ1n) is 5.79. The number of aromatic nitrogens is 1. The van der Waals surface area contributed by atoms with Gasteiger partial charge in [0.2, 0.25) is 10.0 Å². The van der Waals surface area contributed by atoms with Crippen LogP contribution in [0.25, 0.3) is 0 Å². The molecule has 0 unspecified atom stereocenters. The number of carboxylic acid groups (broad SMARTS) is 1. The van der Waals surface area contributed by atoms with E-state index in [9.17, 15) is 13.2 Å².